The Balaban J connectivity index is 2.00. The average molecular weight is 311 g/mol. The Kier molecular flexibility index (Phi) is 9.88. The first-order valence-electron chi connectivity index (χ1n) is 8.14. The predicted octanol–water partition coefficient (Wildman–Crippen LogP) is 5.59. The van der Waals surface area contributed by atoms with Crippen LogP contribution in [0.15, 0.2) is 18.3 Å². The maximum atomic E-state index is 11.8. The Morgan fingerprint density at radius 1 is 1.10 bits per heavy atom. The van der Waals surface area contributed by atoms with Crippen molar-refractivity contribution in [1.29, 1.82) is 0 Å². The first kappa shape index (κ1) is 18.0. The minimum Gasteiger partial charge on any atom is -0.323 e. The summed E-state index contributed by atoms with van der Waals surface area (Å²) in [5.74, 6) is 0.0212. The molecule has 0 saturated heterocycles. The van der Waals surface area contributed by atoms with Gasteiger partial charge < -0.3 is 5.32 Å². The number of nitrogens with zero attached hydrogens (tertiary/aromatic N) is 1. The van der Waals surface area contributed by atoms with Gasteiger partial charge in [-0.25, -0.2) is 4.98 Å². The van der Waals surface area contributed by atoms with Crippen LogP contribution < -0.4 is 5.32 Å². The maximum Gasteiger partial charge on any atom is 0.224 e. The van der Waals surface area contributed by atoms with Crippen LogP contribution in [0.4, 0.5) is 5.69 Å². The van der Waals surface area contributed by atoms with Crippen LogP contribution in [0.2, 0.25) is 5.15 Å². The third-order valence-electron chi connectivity index (χ3n) is 3.54. The molecular formula is C17H27ClN2O. The highest BCUT2D eigenvalue weighted by molar-refractivity contribution is 6.32. The minimum atomic E-state index is 0.0212. The SMILES string of the molecule is CCCCCCCCCCCC(=O)Nc1cccnc1Cl. The lowest BCUT2D eigenvalue weighted by Crippen LogP contribution is -2.11. The van der Waals surface area contributed by atoms with Gasteiger partial charge >= 0.3 is 0 Å². The number of unbranched alkanes of at least 4 members (excludes halogenated alkanes) is 8. The quantitative estimate of drug-likeness (QED) is 0.427. The first-order valence-corrected chi connectivity index (χ1v) is 8.52. The van der Waals surface area contributed by atoms with Crippen LogP contribution in [-0.2, 0) is 4.79 Å². The molecule has 0 aliphatic heterocycles. The molecule has 0 aliphatic rings. The number of hydrogen-bond acceptors (Lipinski definition) is 2. The first-order chi connectivity index (χ1) is 10.2. The third-order valence-corrected chi connectivity index (χ3v) is 3.84. The molecule has 0 radical (unpaired) electrons. The summed E-state index contributed by atoms with van der Waals surface area (Å²) in [6.07, 6.45) is 13.5. The smallest absolute Gasteiger partial charge is 0.224 e. The molecule has 0 spiro atoms. The summed E-state index contributed by atoms with van der Waals surface area (Å²) in [4.78, 5) is 15.7. The van der Waals surface area contributed by atoms with E-state index in [9.17, 15) is 4.79 Å². The van der Waals surface area contributed by atoms with Gasteiger partial charge in [-0.3, -0.25) is 4.79 Å². The summed E-state index contributed by atoms with van der Waals surface area (Å²) >= 11 is 5.90. The average Bonchev–Trinajstić information content (AvgIpc) is 2.48. The van der Waals surface area contributed by atoms with Crippen molar-refractivity contribution in [2.45, 2.75) is 71.1 Å². The molecule has 1 amide bonds. The lowest BCUT2D eigenvalue weighted by atomic mass is 10.1. The van der Waals surface area contributed by atoms with Gasteiger partial charge in [0.2, 0.25) is 5.91 Å². The molecule has 118 valence electrons. The molecule has 0 bridgehead atoms. The van der Waals surface area contributed by atoms with Crippen LogP contribution in [0.3, 0.4) is 0 Å². The fourth-order valence-electron chi connectivity index (χ4n) is 2.29. The number of rotatable bonds is 11. The summed E-state index contributed by atoms with van der Waals surface area (Å²) in [5.41, 5.74) is 0.597. The van der Waals surface area contributed by atoms with Crippen molar-refractivity contribution in [3.8, 4) is 0 Å². The van der Waals surface area contributed by atoms with Crippen molar-refractivity contribution >= 4 is 23.2 Å². The molecule has 0 fully saturated rings. The Labute approximate surface area is 133 Å². The predicted molar refractivity (Wildman–Crippen MR) is 89.7 cm³/mol. The number of pyridine rings is 1. The third kappa shape index (κ3) is 8.71. The van der Waals surface area contributed by atoms with Crippen molar-refractivity contribution in [2.24, 2.45) is 0 Å². The van der Waals surface area contributed by atoms with E-state index in [2.05, 4.69) is 17.2 Å². The van der Waals surface area contributed by atoms with Gasteiger partial charge in [0.25, 0.3) is 0 Å². The largest absolute Gasteiger partial charge is 0.323 e. The molecule has 4 heteroatoms. The molecule has 1 aromatic rings. The number of anilines is 1. The van der Waals surface area contributed by atoms with E-state index in [4.69, 9.17) is 11.6 Å². The van der Waals surface area contributed by atoms with Crippen molar-refractivity contribution in [3.05, 3.63) is 23.5 Å². The molecule has 0 unspecified atom stereocenters. The van der Waals surface area contributed by atoms with Crippen LogP contribution in [0, 0.1) is 0 Å². The second kappa shape index (κ2) is 11.6. The number of carbonyl (C=O) groups is 1. The molecule has 1 aromatic heterocycles. The standard InChI is InChI=1S/C17H27ClN2O/c1-2-3-4-5-6-7-8-9-10-13-16(21)20-15-12-11-14-19-17(15)18/h11-12,14H,2-10,13H2,1H3,(H,20,21). The highest BCUT2D eigenvalue weighted by Gasteiger charge is 2.05. The second-order valence-corrected chi connectivity index (χ2v) is 5.83. The molecule has 1 heterocycles. The van der Waals surface area contributed by atoms with Gasteiger partial charge in [-0.1, -0.05) is 69.9 Å². The summed E-state index contributed by atoms with van der Waals surface area (Å²) in [6, 6.07) is 3.53. The zero-order chi connectivity index (χ0) is 15.3. The van der Waals surface area contributed by atoms with Crippen LogP contribution >= 0.6 is 11.6 Å². The van der Waals surface area contributed by atoms with Crippen molar-refractivity contribution in [2.75, 3.05) is 5.32 Å². The molecule has 1 N–H and O–H groups in total. The van der Waals surface area contributed by atoms with E-state index in [1.165, 1.54) is 44.9 Å². The van der Waals surface area contributed by atoms with Crippen LogP contribution in [0.1, 0.15) is 71.1 Å². The number of halogens is 1. The Morgan fingerprint density at radius 2 is 1.71 bits per heavy atom. The molecule has 1 rings (SSSR count). The molecule has 0 aromatic carbocycles. The van der Waals surface area contributed by atoms with Gasteiger partial charge in [0.05, 0.1) is 5.69 Å². The maximum absolute atomic E-state index is 11.8. The van der Waals surface area contributed by atoms with Crippen LogP contribution in [0.25, 0.3) is 0 Å². The van der Waals surface area contributed by atoms with E-state index in [0.29, 0.717) is 17.3 Å². The zero-order valence-corrected chi connectivity index (χ0v) is 13.8. The topological polar surface area (TPSA) is 42.0 Å². The Bertz CT molecular complexity index is 410. The summed E-state index contributed by atoms with van der Waals surface area (Å²) in [6.45, 7) is 2.24. The van der Waals surface area contributed by atoms with E-state index >= 15 is 0 Å². The van der Waals surface area contributed by atoms with Crippen molar-refractivity contribution in [1.82, 2.24) is 4.98 Å². The zero-order valence-electron chi connectivity index (χ0n) is 13.0. The summed E-state index contributed by atoms with van der Waals surface area (Å²) in [7, 11) is 0. The highest BCUT2D eigenvalue weighted by atomic mass is 35.5. The van der Waals surface area contributed by atoms with Gasteiger partial charge in [-0.05, 0) is 18.6 Å². The second-order valence-electron chi connectivity index (χ2n) is 5.47. The van der Waals surface area contributed by atoms with Crippen LogP contribution in [-0.4, -0.2) is 10.9 Å². The highest BCUT2D eigenvalue weighted by Crippen LogP contribution is 2.18. The fourth-order valence-corrected chi connectivity index (χ4v) is 2.45. The molecule has 0 atom stereocenters. The van der Waals surface area contributed by atoms with E-state index in [0.717, 1.165) is 12.8 Å². The van der Waals surface area contributed by atoms with E-state index in [-0.39, 0.29) is 5.91 Å². The number of aromatic nitrogens is 1. The van der Waals surface area contributed by atoms with E-state index in [1.54, 1.807) is 18.3 Å². The minimum absolute atomic E-state index is 0.0212. The van der Waals surface area contributed by atoms with E-state index < -0.39 is 0 Å². The molecule has 3 nitrogen and oxygen atoms in total. The van der Waals surface area contributed by atoms with Crippen LogP contribution in [0.5, 0.6) is 0 Å². The van der Waals surface area contributed by atoms with Crippen molar-refractivity contribution < 1.29 is 4.79 Å². The lowest BCUT2D eigenvalue weighted by molar-refractivity contribution is -0.116. The number of amides is 1. The Morgan fingerprint density at radius 3 is 2.33 bits per heavy atom. The van der Waals surface area contributed by atoms with Gasteiger partial charge in [-0.2, -0.15) is 0 Å². The lowest BCUT2D eigenvalue weighted by Gasteiger charge is -2.06. The molecular weight excluding hydrogens is 284 g/mol. The summed E-state index contributed by atoms with van der Waals surface area (Å²) in [5, 5.41) is 3.15. The van der Waals surface area contributed by atoms with Crippen molar-refractivity contribution in [3.63, 3.8) is 0 Å². The van der Waals surface area contributed by atoms with Gasteiger partial charge in [-0.15, -0.1) is 0 Å². The monoisotopic (exact) mass is 310 g/mol. The normalized spacial score (nSPS) is 10.6. The summed E-state index contributed by atoms with van der Waals surface area (Å²) < 4.78 is 0. The van der Waals surface area contributed by atoms with Gasteiger partial charge in [0, 0.05) is 12.6 Å². The molecule has 21 heavy (non-hydrogen) atoms. The van der Waals surface area contributed by atoms with E-state index in [1.807, 2.05) is 0 Å². The molecule has 0 aliphatic carbocycles. The fraction of sp³-hybridized carbons (Fsp3) is 0.647. The Hall–Kier alpha value is -1.09. The van der Waals surface area contributed by atoms with Gasteiger partial charge in [0.15, 0.2) is 5.15 Å². The van der Waals surface area contributed by atoms with Gasteiger partial charge in [0.1, 0.15) is 0 Å². The number of nitrogens with one attached hydrogen (secondary N) is 1. The number of hydrogen-bond donors (Lipinski definition) is 1. The number of carbonyl (C=O) groups excluding carboxylic acids is 1. The molecule has 0 saturated carbocycles.